The molecule has 0 aliphatic rings. The number of hydrogen-bond donors (Lipinski definition) is 1. The van der Waals surface area contributed by atoms with Gasteiger partial charge >= 0.3 is 0 Å². The van der Waals surface area contributed by atoms with Gasteiger partial charge in [0.1, 0.15) is 10.0 Å². The predicted octanol–water partition coefficient (Wildman–Crippen LogP) is 4.64. The van der Waals surface area contributed by atoms with Crippen LogP contribution in [0.4, 0.5) is 5.69 Å². The van der Waals surface area contributed by atoms with E-state index in [1.807, 2.05) is 49.5 Å². The van der Waals surface area contributed by atoms with Crippen molar-refractivity contribution in [1.82, 2.24) is 14.5 Å². The van der Waals surface area contributed by atoms with Gasteiger partial charge in [0.2, 0.25) is 0 Å². The Morgan fingerprint density at radius 3 is 2.69 bits per heavy atom. The third-order valence-corrected chi connectivity index (χ3v) is 5.22. The molecule has 0 saturated carbocycles. The van der Waals surface area contributed by atoms with Gasteiger partial charge in [-0.2, -0.15) is 0 Å². The van der Waals surface area contributed by atoms with Crippen LogP contribution in [-0.2, 0) is 6.54 Å². The fourth-order valence-electron chi connectivity index (χ4n) is 2.59. The van der Waals surface area contributed by atoms with E-state index >= 15 is 0 Å². The quantitative estimate of drug-likeness (QED) is 0.670. The molecule has 0 aliphatic carbocycles. The smallest absolute Gasteiger partial charge is 0.255 e. The molecule has 0 saturated heterocycles. The van der Waals surface area contributed by atoms with Crippen LogP contribution in [0, 0.1) is 0 Å². The van der Waals surface area contributed by atoms with Crippen molar-refractivity contribution < 1.29 is 4.79 Å². The molecule has 1 N–H and O–H groups in total. The molecule has 134 valence electrons. The molecule has 0 aliphatic heterocycles. The van der Waals surface area contributed by atoms with Crippen LogP contribution in [0.15, 0.2) is 54.6 Å². The van der Waals surface area contributed by atoms with Crippen LogP contribution in [0.5, 0.6) is 0 Å². The Labute approximate surface area is 161 Å². The summed E-state index contributed by atoms with van der Waals surface area (Å²) in [7, 11) is 2.01. The normalized spacial score (nSPS) is 12.2. The fraction of sp³-hybridized carbons (Fsp3) is 0.211. The molecule has 3 aromatic rings. The number of nitrogens with zero attached hydrogens (tertiary/aromatic N) is 3. The van der Waals surface area contributed by atoms with Crippen LogP contribution in [0.25, 0.3) is 0 Å². The fourth-order valence-corrected chi connectivity index (χ4v) is 3.20. The highest BCUT2D eigenvalue weighted by Gasteiger charge is 2.16. The topological polar surface area (TPSA) is 58.1 Å². The second-order valence-corrected chi connectivity index (χ2v) is 7.39. The summed E-state index contributed by atoms with van der Waals surface area (Å²) >= 11 is 7.29. The first kappa shape index (κ1) is 18.5. The Morgan fingerprint density at radius 2 is 2.00 bits per heavy atom. The number of nitrogens with one attached hydrogen (secondary N) is 1. The van der Waals surface area contributed by atoms with Crippen molar-refractivity contribution in [2.75, 3.05) is 12.4 Å². The number of hydrogen-bond acceptors (Lipinski definition) is 5. The second-order valence-electron chi connectivity index (χ2n) is 6.03. The molecule has 0 spiro atoms. The first-order valence-electron chi connectivity index (χ1n) is 8.18. The highest BCUT2D eigenvalue weighted by Crippen LogP contribution is 2.26. The minimum atomic E-state index is -0.121. The SMILES string of the molecule is CC(c1cccc(NC(=O)c2ccccc2)c1)N(C)Cc1nnsc1Cl. The van der Waals surface area contributed by atoms with E-state index in [1.165, 1.54) is 11.5 Å². The Balaban J connectivity index is 1.70. The zero-order valence-corrected chi connectivity index (χ0v) is 16.1. The van der Waals surface area contributed by atoms with Crippen LogP contribution < -0.4 is 5.32 Å². The Bertz CT molecular complexity index is 884. The molecule has 0 radical (unpaired) electrons. The molecule has 1 atom stereocenters. The average molecular weight is 387 g/mol. The molecule has 2 aromatic carbocycles. The van der Waals surface area contributed by atoms with Crippen molar-refractivity contribution in [2.45, 2.75) is 19.5 Å². The number of halogens is 1. The monoisotopic (exact) mass is 386 g/mol. The Hall–Kier alpha value is -2.28. The van der Waals surface area contributed by atoms with Crippen LogP contribution in [0.2, 0.25) is 4.34 Å². The molecule has 26 heavy (non-hydrogen) atoms. The minimum Gasteiger partial charge on any atom is -0.322 e. The average Bonchev–Trinajstić information content (AvgIpc) is 3.06. The molecular weight excluding hydrogens is 368 g/mol. The van der Waals surface area contributed by atoms with Gasteiger partial charge in [0.15, 0.2) is 0 Å². The molecule has 3 rings (SSSR count). The number of carbonyl (C=O) groups is 1. The zero-order chi connectivity index (χ0) is 18.5. The molecule has 5 nitrogen and oxygen atoms in total. The number of carbonyl (C=O) groups excluding carboxylic acids is 1. The second kappa shape index (κ2) is 8.40. The number of amides is 1. The van der Waals surface area contributed by atoms with Crippen molar-refractivity contribution in [1.29, 1.82) is 0 Å². The van der Waals surface area contributed by atoms with Gasteiger partial charge in [-0.25, -0.2) is 0 Å². The lowest BCUT2D eigenvalue weighted by Gasteiger charge is -2.24. The summed E-state index contributed by atoms with van der Waals surface area (Å²) in [6.45, 7) is 2.71. The van der Waals surface area contributed by atoms with Crippen molar-refractivity contribution in [3.63, 3.8) is 0 Å². The van der Waals surface area contributed by atoms with Gasteiger partial charge in [0, 0.05) is 35.4 Å². The van der Waals surface area contributed by atoms with Gasteiger partial charge in [-0.3, -0.25) is 9.69 Å². The minimum absolute atomic E-state index is 0.121. The van der Waals surface area contributed by atoms with Gasteiger partial charge in [-0.05, 0) is 43.8 Å². The molecule has 1 heterocycles. The summed E-state index contributed by atoms with van der Waals surface area (Å²) in [6.07, 6.45) is 0. The predicted molar refractivity (Wildman–Crippen MR) is 106 cm³/mol. The summed E-state index contributed by atoms with van der Waals surface area (Å²) < 4.78 is 4.49. The lowest BCUT2D eigenvalue weighted by molar-refractivity contribution is 0.102. The summed E-state index contributed by atoms with van der Waals surface area (Å²) in [6, 6.07) is 17.2. The van der Waals surface area contributed by atoms with Gasteiger partial charge in [-0.15, -0.1) is 5.10 Å². The maximum absolute atomic E-state index is 12.3. The van der Waals surface area contributed by atoms with Crippen LogP contribution >= 0.6 is 23.1 Å². The van der Waals surface area contributed by atoms with E-state index in [0.29, 0.717) is 16.4 Å². The summed E-state index contributed by atoms with van der Waals surface area (Å²) in [4.78, 5) is 14.5. The largest absolute Gasteiger partial charge is 0.322 e. The third kappa shape index (κ3) is 4.46. The van der Waals surface area contributed by atoms with Crippen molar-refractivity contribution in [3.05, 3.63) is 75.8 Å². The maximum Gasteiger partial charge on any atom is 0.255 e. The number of rotatable bonds is 6. The lowest BCUT2D eigenvalue weighted by Crippen LogP contribution is -2.22. The van der Waals surface area contributed by atoms with Crippen molar-refractivity contribution in [3.8, 4) is 0 Å². The Kier molecular flexibility index (Phi) is 5.98. The highest BCUT2D eigenvalue weighted by molar-refractivity contribution is 7.10. The number of anilines is 1. The van der Waals surface area contributed by atoms with Crippen molar-refractivity contribution >= 4 is 34.7 Å². The summed E-state index contributed by atoms with van der Waals surface area (Å²) in [5.41, 5.74) is 3.27. The van der Waals surface area contributed by atoms with Crippen LogP contribution in [0.1, 0.15) is 34.6 Å². The molecule has 7 heteroatoms. The number of aromatic nitrogens is 2. The standard InChI is InChI=1S/C19H19ClN4OS/c1-13(24(2)12-17-18(20)26-23-22-17)15-9-6-10-16(11-15)21-19(25)14-7-4-3-5-8-14/h3-11,13H,12H2,1-2H3,(H,21,25). The Morgan fingerprint density at radius 1 is 1.23 bits per heavy atom. The molecule has 1 unspecified atom stereocenters. The highest BCUT2D eigenvalue weighted by atomic mass is 35.5. The van der Waals surface area contributed by atoms with E-state index < -0.39 is 0 Å². The van der Waals surface area contributed by atoms with E-state index in [4.69, 9.17) is 11.6 Å². The van der Waals surface area contributed by atoms with Crippen LogP contribution in [0.3, 0.4) is 0 Å². The van der Waals surface area contributed by atoms with Crippen molar-refractivity contribution in [2.24, 2.45) is 0 Å². The first-order chi connectivity index (χ1) is 12.5. The van der Waals surface area contributed by atoms with Crippen LogP contribution in [-0.4, -0.2) is 27.4 Å². The molecular formula is C19H19ClN4OS. The van der Waals surface area contributed by atoms with E-state index in [0.717, 1.165) is 16.9 Å². The van der Waals surface area contributed by atoms with Gasteiger partial charge < -0.3 is 5.32 Å². The molecule has 0 fully saturated rings. The maximum atomic E-state index is 12.3. The number of benzene rings is 2. The molecule has 1 aromatic heterocycles. The zero-order valence-electron chi connectivity index (χ0n) is 14.5. The lowest BCUT2D eigenvalue weighted by atomic mass is 10.1. The van der Waals surface area contributed by atoms with Gasteiger partial charge in [-0.1, -0.05) is 46.4 Å². The van der Waals surface area contributed by atoms with Gasteiger partial charge in [0.25, 0.3) is 5.91 Å². The molecule has 0 bridgehead atoms. The summed E-state index contributed by atoms with van der Waals surface area (Å²) in [5.74, 6) is -0.121. The van der Waals surface area contributed by atoms with E-state index in [2.05, 4.69) is 26.7 Å². The molecule has 1 amide bonds. The third-order valence-electron chi connectivity index (χ3n) is 4.23. The van der Waals surface area contributed by atoms with E-state index in [1.54, 1.807) is 12.1 Å². The first-order valence-corrected chi connectivity index (χ1v) is 9.33. The van der Waals surface area contributed by atoms with E-state index in [-0.39, 0.29) is 11.9 Å². The van der Waals surface area contributed by atoms with E-state index in [9.17, 15) is 4.79 Å². The van der Waals surface area contributed by atoms with Gasteiger partial charge in [0.05, 0.1) is 0 Å². The summed E-state index contributed by atoms with van der Waals surface area (Å²) in [5, 5.41) is 7.01.